The molecule has 33 heavy (non-hydrogen) atoms. The van der Waals surface area contributed by atoms with Crippen molar-refractivity contribution in [2.24, 2.45) is 0 Å². The Hall–Kier alpha value is -2.68. The molecule has 1 amide bonds. The lowest BCUT2D eigenvalue weighted by Gasteiger charge is -2.20. The summed E-state index contributed by atoms with van der Waals surface area (Å²) in [7, 11) is 1.58. The number of ether oxygens (including phenoxy) is 1. The number of hydrogen-bond acceptors (Lipinski definition) is 6. The lowest BCUT2D eigenvalue weighted by Crippen LogP contribution is -2.30. The average Bonchev–Trinajstić information content (AvgIpc) is 3.28. The number of carbonyl (C=O) groups is 1. The number of rotatable bonds is 9. The zero-order valence-corrected chi connectivity index (χ0v) is 20.2. The number of fused-ring (bicyclic) bond motifs is 1. The van der Waals surface area contributed by atoms with Crippen molar-refractivity contribution in [2.45, 2.75) is 24.3 Å². The second-order valence-corrected chi connectivity index (χ2v) is 9.72. The molecule has 0 N–H and O–H groups in total. The van der Waals surface area contributed by atoms with E-state index < -0.39 is 0 Å². The normalized spacial score (nSPS) is 11.0. The fraction of sp³-hybridized carbons (Fsp3) is 0.208. The molecule has 2 heterocycles. The van der Waals surface area contributed by atoms with Crippen molar-refractivity contribution in [3.63, 3.8) is 0 Å². The molecule has 0 bridgehead atoms. The van der Waals surface area contributed by atoms with Gasteiger partial charge in [-0.05, 0) is 60.2 Å². The lowest BCUT2D eigenvalue weighted by atomic mass is 10.2. The minimum Gasteiger partial charge on any atom is -0.494 e. The monoisotopic (exact) mass is 501 g/mol. The first-order chi connectivity index (χ1) is 16.0. The third-order valence-electron chi connectivity index (χ3n) is 4.88. The Balaban J connectivity index is 1.52. The summed E-state index contributed by atoms with van der Waals surface area (Å²) in [5, 5.41) is 1.13. The molecule has 2 aromatic carbocycles. The van der Waals surface area contributed by atoms with Gasteiger partial charge in [-0.15, -0.1) is 11.8 Å². The Kier molecular flexibility index (Phi) is 7.80. The summed E-state index contributed by atoms with van der Waals surface area (Å²) in [5.74, 6) is 1.07. The van der Waals surface area contributed by atoms with Gasteiger partial charge in [0, 0.05) is 23.7 Å². The molecule has 0 radical (unpaired) electrons. The highest BCUT2D eigenvalue weighted by Gasteiger charge is 2.22. The number of pyridine rings is 1. The van der Waals surface area contributed by atoms with Gasteiger partial charge >= 0.3 is 0 Å². The van der Waals surface area contributed by atoms with Crippen LogP contribution in [0.1, 0.15) is 18.4 Å². The van der Waals surface area contributed by atoms with Crippen LogP contribution in [-0.2, 0) is 11.3 Å². The van der Waals surface area contributed by atoms with Crippen molar-refractivity contribution < 1.29 is 13.9 Å². The number of halogens is 2. The molecule has 0 aliphatic carbocycles. The molecule has 0 aliphatic rings. The van der Waals surface area contributed by atoms with Gasteiger partial charge in [-0.2, -0.15) is 0 Å². The van der Waals surface area contributed by atoms with Gasteiger partial charge < -0.3 is 4.74 Å². The van der Waals surface area contributed by atoms with Crippen LogP contribution in [0.2, 0.25) is 5.02 Å². The van der Waals surface area contributed by atoms with Gasteiger partial charge in [0.25, 0.3) is 0 Å². The Morgan fingerprint density at radius 2 is 2.03 bits per heavy atom. The summed E-state index contributed by atoms with van der Waals surface area (Å²) < 4.78 is 19.3. The van der Waals surface area contributed by atoms with Crippen LogP contribution in [0, 0.1) is 5.82 Å². The van der Waals surface area contributed by atoms with E-state index in [2.05, 4.69) is 4.98 Å². The Morgan fingerprint density at radius 1 is 1.21 bits per heavy atom. The number of benzene rings is 2. The number of carbonyl (C=O) groups excluding carboxylic acids is 1. The predicted octanol–water partition coefficient (Wildman–Crippen LogP) is 6.60. The van der Waals surface area contributed by atoms with Crippen LogP contribution >= 0.6 is 34.7 Å². The van der Waals surface area contributed by atoms with Crippen LogP contribution in [0.4, 0.5) is 9.52 Å². The average molecular weight is 502 g/mol. The summed E-state index contributed by atoms with van der Waals surface area (Å²) in [6.45, 7) is 0.359. The maximum Gasteiger partial charge on any atom is 0.229 e. The van der Waals surface area contributed by atoms with Gasteiger partial charge in [-0.1, -0.05) is 29.0 Å². The van der Waals surface area contributed by atoms with Crippen molar-refractivity contribution in [1.29, 1.82) is 0 Å². The van der Waals surface area contributed by atoms with E-state index in [9.17, 15) is 9.18 Å². The maximum absolute atomic E-state index is 13.3. The van der Waals surface area contributed by atoms with Crippen LogP contribution in [-0.4, -0.2) is 28.7 Å². The second-order valence-electron chi connectivity index (χ2n) is 7.17. The summed E-state index contributed by atoms with van der Waals surface area (Å²) in [4.78, 5) is 24.8. The van der Waals surface area contributed by atoms with Gasteiger partial charge in [0.2, 0.25) is 5.91 Å². The van der Waals surface area contributed by atoms with Gasteiger partial charge in [0.1, 0.15) is 17.1 Å². The van der Waals surface area contributed by atoms with Crippen molar-refractivity contribution >= 4 is 56.0 Å². The molecule has 4 rings (SSSR count). The minimum atomic E-state index is -0.256. The highest BCUT2D eigenvalue weighted by Crippen LogP contribution is 2.39. The van der Waals surface area contributed by atoms with Crippen LogP contribution in [0.3, 0.4) is 0 Å². The van der Waals surface area contributed by atoms with E-state index in [0.29, 0.717) is 40.8 Å². The molecule has 0 saturated heterocycles. The van der Waals surface area contributed by atoms with Crippen LogP contribution in [0.5, 0.6) is 5.75 Å². The first kappa shape index (κ1) is 23.5. The zero-order valence-electron chi connectivity index (χ0n) is 17.8. The predicted molar refractivity (Wildman–Crippen MR) is 133 cm³/mol. The number of hydrogen-bond donors (Lipinski definition) is 0. The molecule has 0 atom stereocenters. The number of nitrogens with zero attached hydrogens (tertiary/aromatic N) is 3. The van der Waals surface area contributed by atoms with E-state index in [-0.39, 0.29) is 11.7 Å². The third kappa shape index (κ3) is 5.82. The second kappa shape index (κ2) is 11.0. The smallest absolute Gasteiger partial charge is 0.229 e. The molecule has 0 fully saturated rings. The van der Waals surface area contributed by atoms with E-state index in [1.54, 1.807) is 60.4 Å². The van der Waals surface area contributed by atoms with Gasteiger partial charge in [0.05, 0.1) is 23.4 Å². The van der Waals surface area contributed by atoms with Crippen molar-refractivity contribution in [2.75, 3.05) is 17.8 Å². The van der Waals surface area contributed by atoms with Crippen molar-refractivity contribution in [1.82, 2.24) is 9.97 Å². The SMILES string of the molecule is COc1ccc(Cl)c2sc(N(Cc3cccnc3)C(=O)CCCSc3ccc(F)cc3)nc12. The van der Waals surface area contributed by atoms with E-state index in [0.717, 1.165) is 20.9 Å². The molecule has 9 heteroatoms. The third-order valence-corrected chi connectivity index (χ3v) is 7.52. The van der Waals surface area contributed by atoms with E-state index in [4.69, 9.17) is 21.3 Å². The Labute approximate surface area is 204 Å². The number of amides is 1. The first-order valence-corrected chi connectivity index (χ1v) is 12.4. The molecule has 170 valence electrons. The molecule has 0 saturated carbocycles. The van der Waals surface area contributed by atoms with Gasteiger partial charge in [-0.3, -0.25) is 14.7 Å². The summed E-state index contributed by atoms with van der Waals surface area (Å²) in [5.41, 5.74) is 1.55. The molecular weight excluding hydrogens is 481 g/mol. The molecule has 4 aromatic rings. The maximum atomic E-state index is 13.3. The van der Waals surface area contributed by atoms with Crippen LogP contribution < -0.4 is 9.64 Å². The zero-order chi connectivity index (χ0) is 23.2. The van der Waals surface area contributed by atoms with E-state index >= 15 is 0 Å². The van der Waals surface area contributed by atoms with Gasteiger partial charge in [-0.25, -0.2) is 9.37 Å². The Morgan fingerprint density at radius 3 is 2.76 bits per heavy atom. The van der Waals surface area contributed by atoms with Gasteiger partial charge in [0.15, 0.2) is 5.13 Å². The summed E-state index contributed by atoms with van der Waals surface area (Å²) >= 11 is 9.36. The van der Waals surface area contributed by atoms with Crippen LogP contribution in [0.15, 0.2) is 65.8 Å². The quantitative estimate of drug-likeness (QED) is 0.191. The fourth-order valence-electron chi connectivity index (χ4n) is 3.24. The number of thioether (sulfide) groups is 1. The highest BCUT2D eigenvalue weighted by atomic mass is 35.5. The minimum absolute atomic E-state index is 0.0345. The number of anilines is 1. The molecule has 0 unspecified atom stereocenters. The van der Waals surface area contributed by atoms with Crippen molar-refractivity contribution in [3.05, 3.63) is 77.3 Å². The van der Waals surface area contributed by atoms with E-state index in [1.807, 2.05) is 12.1 Å². The van der Waals surface area contributed by atoms with E-state index in [1.165, 1.54) is 23.5 Å². The molecule has 0 aliphatic heterocycles. The number of thiazole rings is 1. The molecule has 5 nitrogen and oxygen atoms in total. The lowest BCUT2D eigenvalue weighted by molar-refractivity contribution is -0.118. The highest BCUT2D eigenvalue weighted by molar-refractivity contribution is 7.99. The largest absolute Gasteiger partial charge is 0.494 e. The summed E-state index contributed by atoms with van der Waals surface area (Å²) in [6.07, 6.45) is 4.48. The van der Waals surface area contributed by atoms with Crippen LogP contribution in [0.25, 0.3) is 10.2 Å². The molecular formula is C24H21ClFN3O2S2. The topological polar surface area (TPSA) is 55.3 Å². The standard InChI is InChI=1S/C24H21ClFN3O2S2/c1-31-20-11-10-19(25)23-22(20)28-24(33-23)29(15-16-4-2-12-27-14-16)21(30)5-3-13-32-18-8-6-17(26)7-9-18/h2,4,6-12,14H,3,5,13,15H2,1H3. The Bertz CT molecular complexity index is 1240. The first-order valence-electron chi connectivity index (χ1n) is 10.3. The fourth-order valence-corrected chi connectivity index (χ4v) is 5.36. The number of methoxy groups -OCH3 is 1. The molecule has 2 aromatic heterocycles. The summed E-state index contributed by atoms with van der Waals surface area (Å²) in [6, 6.07) is 13.7. The van der Waals surface area contributed by atoms with Crippen molar-refractivity contribution in [3.8, 4) is 5.75 Å². The molecule has 0 spiro atoms. The number of aromatic nitrogens is 2.